The fourth-order valence-electron chi connectivity index (χ4n) is 8.09. The van der Waals surface area contributed by atoms with E-state index in [1.807, 2.05) is 24.3 Å². The average molecular weight is 704 g/mol. The molecule has 0 fully saturated rings. The zero-order valence-electron chi connectivity index (χ0n) is 29.8. The van der Waals surface area contributed by atoms with E-state index < -0.39 is 0 Å². The van der Waals surface area contributed by atoms with E-state index in [0.717, 1.165) is 77.6 Å². The minimum Gasteiger partial charge on any atom is -0.456 e. The Morgan fingerprint density at radius 3 is 1.55 bits per heavy atom. The number of nitrogens with zero attached hydrogens (tertiary/aromatic N) is 1. The molecule has 0 aliphatic heterocycles. The molecular weight excluding hydrogens is 671 g/mol. The van der Waals surface area contributed by atoms with Gasteiger partial charge in [-0.3, -0.25) is 0 Å². The Hall–Kier alpha value is -7.36. The molecule has 3 heteroatoms. The second kappa shape index (κ2) is 12.6. The van der Waals surface area contributed by atoms with Crippen molar-refractivity contribution in [1.82, 2.24) is 0 Å². The quantitative estimate of drug-likeness (QED) is 0.173. The van der Waals surface area contributed by atoms with Gasteiger partial charge >= 0.3 is 0 Å². The topological polar surface area (TPSA) is 29.5 Å². The highest BCUT2D eigenvalue weighted by molar-refractivity contribution is 6.10. The van der Waals surface area contributed by atoms with Crippen molar-refractivity contribution in [3.05, 3.63) is 200 Å². The van der Waals surface area contributed by atoms with Crippen molar-refractivity contribution in [2.24, 2.45) is 0 Å². The largest absolute Gasteiger partial charge is 0.456 e. The summed E-state index contributed by atoms with van der Waals surface area (Å²) in [4.78, 5) is 2.30. The van der Waals surface area contributed by atoms with Crippen molar-refractivity contribution in [3.8, 4) is 33.4 Å². The van der Waals surface area contributed by atoms with Gasteiger partial charge in [-0.1, -0.05) is 133 Å². The molecule has 55 heavy (non-hydrogen) atoms. The standard InChI is InChI=1S/C52H33NO2/c1-2-10-37-32-40(20-19-34(37)9-1)39-12-7-11-38(31-39)35-21-26-42(27-22-35)53(48-16-8-15-47-45-14-4-6-18-50(45)55-52(47)48)43-28-23-36(24-29-43)41-25-30-46-44-13-3-5-17-49(44)54-51(46)33-41/h1-33H. The fourth-order valence-corrected chi connectivity index (χ4v) is 8.09. The lowest BCUT2D eigenvalue weighted by molar-refractivity contribution is 0.668. The highest BCUT2D eigenvalue weighted by atomic mass is 16.3. The van der Waals surface area contributed by atoms with Crippen LogP contribution in [-0.2, 0) is 0 Å². The van der Waals surface area contributed by atoms with Crippen molar-refractivity contribution in [3.63, 3.8) is 0 Å². The van der Waals surface area contributed by atoms with Crippen LogP contribution in [0.5, 0.6) is 0 Å². The molecule has 0 saturated heterocycles. The summed E-state index contributed by atoms with van der Waals surface area (Å²) in [6.07, 6.45) is 0. The molecule has 2 aromatic heterocycles. The summed E-state index contributed by atoms with van der Waals surface area (Å²) in [6.45, 7) is 0. The van der Waals surface area contributed by atoms with Gasteiger partial charge in [-0.2, -0.15) is 0 Å². The van der Waals surface area contributed by atoms with Crippen LogP contribution in [0.15, 0.2) is 209 Å². The third kappa shape index (κ3) is 5.36. The highest BCUT2D eigenvalue weighted by Gasteiger charge is 2.20. The van der Waals surface area contributed by atoms with E-state index in [1.54, 1.807) is 0 Å². The molecule has 0 amide bonds. The molecule has 258 valence electrons. The van der Waals surface area contributed by atoms with Gasteiger partial charge in [0.25, 0.3) is 0 Å². The SMILES string of the molecule is c1cc(-c2ccc(N(c3ccc(-c4ccc5c(c4)oc4ccccc45)cc3)c3cccc4c3oc3ccccc34)cc2)cc(-c2ccc3ccccc3c2)c1. The van der Waals surface area contributed by atoms with Gasteiger partial charge in [0, 0.05) is 32.9 Å². The molecule has 0 N–H and O–H groups in total. The zero-order chi connectivity index (χ0) is 36.3. The molecule has 3 nitrogen and oxygen atoms in total. The summed E-state index contributed by atoms with van der Waals surface area (Å²) in [5.41, 5.74) is 13.6. The number of hydrogen-bond donors (Lipinski definition) is 0. The van der Waals surface area contributed by atoms with Gasteiger partial charge in [-0.15, -0.1) is 0 Å². The van der Waals surface area contributed by atoms with E-state index in [1.165, 1.54) is 27.5 Å². The smallest absolute Gasteiger partial charge is 0.159 e. The summed E-state index contributed by atoms with van der Waals surface area (Å²) in [6, 6.07) is 71.0. The third-order valence-electron chi connectivity index (χ3n) is 10.9. The number of benzene rings is 9. The van der Waals surface area contributed by atoms with Crippen LogP contribution < -0.4 is 4.90 Å². The van der Waals surface area contributed by atoms with Crippen LogP contribution in [0, 0.1) is 0 Å². The van der Waals surface area contributed by atoms with E-state index in [-0.39, 0.29) is 0 Å². The summed E-state index contributed by atoms with van der Waals surface area (Å²) < 4.78 is 12.8. The molecule has 0 spiro atoms. The number of hydrogen-bond acceptors (Lipinski definition) is 3. The van der Waals surface area contributed by atoms with Crippen molar-refractivity contribution in [2.45, 2.75) is 0 Å². The van der Waals surface area contributed by atoms with Gasteiger partial charge in [0.1, 0.15) is 16.7 Å². The summed E-state index contributed by atoms with van der Waals surface area (Å²) in [5, 5.41) is 6.96. The van der Waals surface area contributed by atoms with Gasteiger partial charge in [0.2, 0.25) is 0 Å². The van der Waals surface area contributed by atoms with Crippen molar-refractivity contribution < 1.29 is 8.83 Å². The summed E-state index contributed by atoms with van der Waals surface area (Å²) in [5.74, 6) is 0. The van der Waals surface area contributed by atoms with Gasteiger partial charge < -0.3 is 13.7 Å². The first-order valence-electron chi connectivity index (χ1n) is 18.7. The first-order valence-corrected chi connectivity index (χ1v) is 18.7. The number of furan rings is 2. The van der Waals surface area contributed by atoms with Gasteiger partial charge in [-0.25, -0.2) is 0 Å². The van der Waals surface area contributed by atoms with Crippen molar-refractivity contribution in [2.75, 3.05) is 4.90 Å². The predicted molar refractivity (Wildman–Crippen MR) is 229 cm³/mol. The first-order chi connectivity index (χ1) is 27.2. The van der Waals surface area contributed by atoms with E-state index in [9.17, 15) is 0 Å². The number of fused-ring (bicyclic) bond motifs is 7. The Balaban J connectivity index is 0.989. The fraction of sp³-hybridized carbons (Fsp3) is 0. The molecule has 11 rings (SSSR count). The van der Waals surface area contributed by atoms with Gasteiger partial charge in [-0.05, 0) is 111 Å². The maximum Gasteiger partial charge on any atom is 0.159 e. The molecule has 11 aromatic rings. The normalized spacial score (nSPS) is 11.6. The van der Waals surface area contributed by atoms with E-state index in [4.69, 9.17) is 8.83 Å². The summed E-state index contributed by atoms with van der Waals surface area (Å²) in [7, 11) is 0. The molecule has 0 unspecified atom stereocenters. The van der Waals surface area contributed by atoms with Crippen molar-refractivity contribution in [1.29, 1.82) is 0 Å². The van der Waals surface area contributed by atoms with Crippen molar-refractivity contribution >= 4 is 71.7 Å². The maximum atomic E-state index is 6.59. The lowest BCUT2D eigenvalue weighted by Crippen LogP contribution is -2.10. The molecule has 0 atom stereocenters. The molecule has 0 saturated carbocycles. The Morgan fingerprint density at radius 2 is 0.800 bits per heavy atom. The van der Waals surface area contributed by atoms with Crippen LogP contribution in [-0.4, -0.2) is 0 Å². The van der Waals surface area contributed by atoms with Crippen LogP contribution in [0.2, 0.25) is 0 Å². The van der Waals surface area contributed by atoms with E-state index >= 15 is 0 Å². The molecular formula is C52H33NO2. The van der Waals surface area contributed by atoms with Crippen LogP contribution in [0.3, 0.4) is 0 Å². The van der Waals surface area contributed by atoms with Gasteiger partial charge in [0.15, 0.2) is 5.58 Å². The molecule has 0 bridgehead atoms. The Labute approximate surface area is 317 Å². The maximum absolute atomic E-state index is 6.59. The van der Waals surface area contributed by atoms with E-state index in [2.05, 4.69) is 181 Å². The highest BCUT2D eigenvalue weighted by Crippen LogP contribution is 2.43. The summed E-state index contributed by atoms with van der Waals surface area (Å²) >= 11 is 0. The number of rotatable bonds is 6. The molecule has 0 aliphatic rings. The molecule has 0 radical (unpaired) electrons. The average Bonchev–Trinajstić information content (AvgIpc) is 3.83. The second-order valence-corrected chi connectivity index (χ2v) is 14.1. The van der Waals surface area contributed by atoms with Crippen LogP contribution in [0.4, 0.5) is 17.1 Å². The lowest BCUT2D eigenvalue weighted by Gasteiger charge is -2.26. The van der Waals surface area contributed by atoms with E-state index in [0.29, 0.717) is 0 Å². The Kier molecular flexibility index (Phi) is 7.17. The Morgan fingerprint density at radius 1 is 0.291 bits per heavy atom. The minimum absolute atomic E-state index is 0.857. The number of anilines is 3. The van der Waals surface area contributed by atoms with Crippen LogP contribution in [0.25, 0.3) is 88.0 Å². The monoisotopic (exact) mass is 703 g/mol. The Bertz CT molecular complexity index is 3200. The minimum atomic E-state index is 0.857. The van der Waals surface area contributed by atoms with Gasteiger partial charge in [0.05, 0.1) is 5.69 Å². The zero-order valence-corrected chi connectivity index (χ0v) is 29.8. The van der Waals surface area contributed by atoms with Crippen LogP contribution in [0.1, 0.15) is 0 Å². The molecule has 2 heterocycles. The second-order valence-electron chi connectivity index (χ2n) is 14.1. The molecule has 9 aromatic carbocycles. The first kappa shape index (κ1) is 31.2. The molecule has 0 aliphatic carbocycles. The number of para-hydroxylation sites is 3. The van der Waals surface area contributed by atoms with Crippen LogP contribution >= 0.6 is 0 Å². The predicted octanol–water partition coefficient (Wildman–Crippen LogP) is 15.1. The third-order valence-corrected chi connectivity index (χ3v) is 10.9. The lowest BCUT2D eigenvalue weighted by atomic mass is 9.97.